The van der Waals surface area contributed by atoms with Gasteiger partial charge in [0.15, 0.2) is 0 Å². The molecule has 8 atom stereocenters. The fraction of sp³-hybridized carbons (Fsp3) is 0.724. The van der Waals surface area contributed by atoms with Gasteiger partial charge in [-0.2, -0.15) is 0 Å². The Bertz CT molecular complexity index is 1060. The van der Waals surface area contributed by atoms with Crippen LogP contribution in [0.4, 0.5) is 4.79 Å². The molecule has 0 unspecified atom stereocenters. The molecule has 6 nitrogen and oxygen atoms in total. The second kappa shape index (κ2) is 8.50. The Morgan fingerprint density at radius 1 is 1.14 bits per heavy atom. The summed E-state index contributed by atoms with van der Waals surface area (Å²) in [5.41, 5.74) is 2.99. The van der Waals surface area contributed by atoms with E-state index in [1.807, 2.05) is 6.07 Å². The van der Waals surface area contributed by atoms with Gasteiger partial charge < -0.3 is 19.2 Å². The van der Waals surface area contributed by atoms with E-state index in [1.165, 1.54) is 25.7 Å². The molecule has 0 spiro atoms. The SMILES string of the molecule is C[C@]12CC[C@H](OC(=O)N3CC[C@@H](O)C3)C[C@H]1CC[C@H]1C3=CC[C@H](c4ccc(=O)oc4)[C@@]3(C)CC[C@@H]12. The Balaban J connectivity index is 1.15. The summed E-state index contributed by atoms with van der Waals surface area (Å²) in [5, 5.41) is 9.76. The van der Waals surface area contributed by atoms with Crippen LogP contribution in [0.5, 0.6) is 0 Å². The normalized spacial score (nSPS) is 42.6. The lowest BCUT2D eigenvalue weighted by Gasteiger charge is -2.59. The number of allylic oxidation sites excluding steroid dienone is 2. The zero-order valence-electron chi connectivity index (χ0n) is 21.1. The number of amides is 1. The lowest BCUT2D eigenvalue weighted by Crippen LogP contribution is -2.52. The van der Waals surface area contributed by atoms with Crippen LogP contribution in [0.2, 0.25) is 0 Å². The van der Waals surface area contributed by atoms with Gasteiger partial charge in [-0.15, -0.1) is 0 Å². The molecule has 1 aromatic heterocycles. The molecule has 35 heavy (non-hydrogen) atoms. The van der Waals surface area contributed by atoms with Gasteiger partial charge in [0.1, 0.15) is 6.10 Å². The summed E-state index contributed by atoms with van der Waals surface area (Å²) < 4.78 is 11.2. The van der Waals surface area contributed by atoms with Crippen molar-refractivity contribution in [1.29, 1.82) is 0 Å². The molecule has 6 rings (SSSR count). The van der Waals surface area contributed by atoms with Crippen molar-refractivity contribution >= 4 is 6.09 Å². The van der Waals surface area contributed by atoms with Crippen LogP contribution in [0.25, 0.3) is 0 Å². The van der Waals surface area contributed by atoms with Crippen LogP contribution >= 0.6 is 0 Å². The molecule has 190 valence electrons. The first-order chi connectivity index (χ1) is 16.8. The lowest BCUT2D eigenvalue weighted by atomic mass is 9.46. The Morgan fingerprint density at radius 3 is 2.74 bits per heavy atom. The molecule has 4 aliphatic carbocycles. The molecule has 6 heteroatoms. The van der Waals surface area contributed by atoms with Crippen LogP contribution in [0.3, 0.4) is 0 Å². The lowest BCUT2D eigenvalue weighted by molar-refractivity contribution is -0.0868. The van der Waals surface area contributed by atoms with Crippen LogP contribution in [-0.2, 0) is 4.74 Å². The highest BCUT2D eigenvalue weighted by Gasteiger charge is 2.58. The van der Waals surface area contributed by atoms with Gasteiger partial charge in [0.2, 0.25) is 0 Å². The summed E-state index contributed by atoms with van der Waals surface area (Å²) in [5.74, 6) is 2.33. The van der Waals surface area contributed by atoms with Gasteiger partial charge in [0, 0.05) is 19.2 Å². The van der Waals surface area contributed by atoms with Gasteiger partial charge in [-0.25, -0.2) is 9.59 Å². The number of ether oxygens (including phenoxy) is 1. The molecule has 3 saturated carbocycles. The van der Waals surface area contributed by atoms with Crippen molar-refractivity contribution in [2.24, 2.45) is 28.6 Å². The first kappa shape index (κ1) is 23.3. The van der Waals surface area contributed by atoms with Crippen molar-refractivity contribution in [2.45, 2.75) is 89.8 Å². The Labute approximate surface area is 207 Å². The number of hydrogen-bond donors (Lipinski definition) is 1. The van der Waals surface area contributed by atoms with E-state index in [9.17, 15) is 14.7 Å². The maximum absolute atomic E-state index is 12.6. The van der Waals surface area contributed by atoms with Gasteiger partial charge in [-0.1, -0.05) is 25.5 Å². The molecule has 0 bridgehead atoms. The summed E-state index contributed by atoms with van der Waals surface area (Å²) >= 11 is 0. The van der Waals surface area contributed by atoms with Crippen LogP contribution in [0, 0.1) is 28.6 Å². The van der Waals surface area contributed by atoms with Crippen LogP contribution in [0.15, 0.2) is 39.3 Å². The van der Waals surface area contributed by atoms with E-state index in [-0.39, 0.29) is 23.2 Å². The summed E-state index contributed by atoms with van der Waals surface area (Å²) in [6, 6.07) is 3.53. The summed E-state index contributed by atoms with van der Waals surface area (Å²) in [7, 11) is 0. The van der Waals surface area contributed by atoms with E-state index in [0.717, 1.165) is 31.2 Å². The molecular weight excluding hydrogens is 442 g/mol. The first-order valence-corrected chi connectivity index (χ1v) is 13.7. The fourth-order valence-corrected chi connectivity index (χ4v) is 8.85. The molecule has 1 N–H and O–H groups in total. The maximum atomic E-state index is 12.6. The number of aliphatic hydroxyl groups excluding tert-OH is 1. The van der Waals surface area contributed by atoms with Crippen LogP contribution < -0.4 is 5.63 Å². The van der Waals surface area contributed by atoms with Crippen LogP contribution in [-0.4, -0.2) is 41.4 Å². The second-order valence-electron chi connectivity index (χ2n) is 12.5. The summed E-state index contributed by atoms with van der Waals surface area (Å²) in [6.07, 6.45) is 13.1. The largest absolute Gasteiger partial charge is 0.446 e. The first-order valence-electron chi connectivity index (χ1n) is 13.7. The topological polar surface area (TPSA) is 80.0 Å². The summed E-state index contributed by atoms with van der Waals surface area (Å²) in [6.45, 7) is 5.96. The van der Waals surface area contributed by atoms with E-state index >= 15 is 0 Å². The van der Waals surface area contributed by atoms with E-state index < -0.39 is 6.10 Å². The quantitative estimate of drug-likeness (QED) is 0.583. The van der Waals surface area contributed by atoms with Gasteiger partial charge in [-0.3, -0.25) is 0 Å². The number of nitrogens with zero attached hydrogens (tertiary/aromatic N) is 1. The molecule has 0 aromatic carbocycles. The van der Waals surface area contributed by atoms with Gasteiger partial charge in [0.25, 0.3) is 0 Å². The third-order valence-corrected chi connectivity index (χ3v) is 10.8. The number of aliphatic hydroxyl groups is 1. The highest BCUT2D eigenvalue weighted by atomic mass is 16.6. The molecule has 1 aliphatic heterocycles. The van der Waals surface area contributed by atoms with E-state index in [0.29, 0.717) is 48.6 Å². The third-order valence-electron chi connectivity index (χ3n) is 10.8. The smallest absolute Gasteiger partial charge is 0.410 e. The Kier molecular flexibility index (Phi) is 5.66. The van der Waals surface area contributed by atoms with Crippen molar-refractivity contribution in [3.63, 3.8) is 0 Å². The summed E-state index contributed by atoms with van der Waals surface area (Å²) in [4.78, 5) is 25.8. The third kappa shape index (κ3) is 3.78. The average molecular weight is 482 g/mol. The predicted octanol–water partition coefficient (Wildman–Crippen LogP) is 5.26. The molecule has 4 fully saturated rings. The molecule has 1 aromatic rings. The standard InChI is InChI=1S/C29H39NO5/c1-28-12-9-21(35-27(33)30-14-11-20(31)16-30)15-19(28)4-5-22-24-7-6-23(18-3-8-26(32)34-17-18)29(24,2)13-10-25(22)28/h3,7-8,17,19-23,25,31H,4-6,9-16H2,1-2H3/t19-,20-,21+,22+,23-,25+,28+,29-/m1/s1. The molecule has 1 amide bonds. The Morgan fingerprint density at radius 2 is 2.00 bits per heavy atom. The molecule has 2 heterocycles. The highest BCUT2D eigenvalue weighted by molar-refractivity contribution is 5.68. The van der Waals surface area contributed by atoms with Gasteiger partial charge >= 0.3 is 11.7 Å². The minimum absolute atomic E-state index is 0.00605. The van der Waals surface area contributed by atoms with Crippen molar-refractivity contribution in [2.75, 3.05) is 13.1 Å². The molecule has 5 aliphatic rings. The van der Waals surface area contributed by atoms with E-state index in [2.05, 4.69) is 19.9 Å². The number of carbonyl (C=O) groups is 1. The van der Waals surface area contributed by atoms with Crippen molar-refractivity contribution in [3.8, 4) is 0 Å². The molecule has 1 saturated heterocycles. The zero-order chi connectivity index (χ0) is 24.4. The Hall–Kier alpha value is -2.08. The zero-order valence-corrected chi connectivity index (χ0v) is 21.1. The number of rotatable bonds is 2. The molecular formula is C29H39NO5. The van der Waals surface area contributed by atoms with Crippen LogP contribution in [0.1, 0.15) is 83.1 Å². The minimum atomic E-state index is -0.408. The van der Waals surface area contributed by atoms with Crippen molar-refractivity contribution in [1.82, 2.24) is 4.90 Å². The van der Waals surface area contributed by atoms with Gasteiger partial charge in [0.05, 0.1) is 12.4 Å². The minimum Gasteiger partial charge on any atom is -0.446 e. The highest BCUT2D eigenvalue weighted by Crippen LogP contribution is 2.67. The maximum Gasteiger partial charge on any atom is 0.410 e. The van der Waals surface area contributed by atoms with E-state index in [4.69, 9.17) is 9.15 Å². The number of fused-ring (bicyclic) bond motifs is 5. The van der Waals surface area contributed by atoms with E-state index in [1.54, 1.807) is 22.8 Å². The number of hydrogen-bond acceptors (Lipinski definition) is 5. The molecule has 0 radical (unpaired) electrons. The number of carbonyl (C=O) groups excluding carboxylic acids is 1. The van der Waals surface area contributed by atoms with Gasteiger partial charge in [-0.05, 0) is 104 Å². The monoisotopic (exact) mass is 481 g/mol. The average Bonchev–Trinajstić information content (AvgIpc) is 3.43. The second-order valence-corrected chi connectivity index (χ2v) is 12.5. The number of β-amino-alcohol motifs (C(OH)–C–C–N with tert-alkyl or cyclic N) is 1. The predicted molar refractivity (Wildman–Crippen MR) is 132 cm³/mol. The number of likely N-dealkylation sites (tertiary alicyclic amines) is 1. The fourth-order valence-electron chi connectivity index (χ4n) is 8.85. The van der Waals surface area contributed by atoms with Crippen molar-refractivity contribution < 1.29 is 19.1 Å². The van der Waals surface area contributed by atoms with Crippen molar-refractivity contribution in [3.05, 3.63) is 46.0 Å².